The zero-order chi connectivity index (χ0) is 19.3. The highest BCUT2D eigenvalue weighted by Crippen LogP contribution is 2.33. The van der Waals surface area contributed by atoms with Crippen molar-refractivity contribution in [1.29, 1.82) is 0 Å². The van der Waals surface area contributed by atoms with Crippen molar-refractivity contribution < 1.29 is 9.21 Å². The number of benzene rings is 2. The fraction of sp³-hybridized carbons (Fsp3) is 0.217. The number of nitrogens with zero attached hydrogens (tertiary/aromatic N) is 2. The van der Waals surface area contributed by atoms with E-state index in [2.05, 4.69) is 48.4 Å². The molecule has 1 aromatic heterocycles. The minimum absolute atomic E-state index is 0.00411. The van der Waals surface area contributed by atoms with E-state index >= 15 is 0 Å². The normalized spacial score (nSPS) is 16.2. The second-order valence-electron chi connectivity index (χ2n) is 6.86. The van der Waals surface area contributed by atoms with Crippen LogP contribution in [0.4, 0.5) is 0 Å². The van der Waals surface area contributed by atoms with E-state index in [1.807, 2.05) is 30.3 Å². The van der Waals surface area contributed by atoms with E-state index < -0.39 is 0 Å². The highest BCUT2D eigenvalue weighted by Gasteiger charge is 2.34. The predicted molar refractivity (Wildman–Crippen MR) is 113 cm³/mol. The maximum Gasteiger partial charge on any atom is 0.253 e. The van der Waals surface area contributed by atoms with Gasteiger partial charge in [0.25, 0.3) is 5.91 Å². The van der Waals surface area contributed by atoms with Gasteiger partial charge in [0.15, 0.2) is 0 Å². The van der Waals surface area contributed by atoms with Crippen LogP contribution in [0.3, 0.4) is 0 Å². The summed E-state index contributed by atoms with van der Waals surface area (Å²) in [5.41, 5.74) is 4.39. The van der Waals surface area contributed by atoms with E-state index in [0.717, 1.165) is 22.8 Å². The zero-order valence-electron chi connectivity index (χ0n) is 15.7. The van der Waals surface area contributed by atoms with Crippen LogP contribution >= 0.6 is 11.8 Å². The smallest absolute Gasteiger partial charge is 0.253 e. The Morgan fingerprint density at radius 3 is 2.61 bits per heavy atom. The third kappa shape index (κ3) is 4.20. The second kappa shape index (κ2) is 8.48. The zero-order valence-corrected chi connectivity index (χ0v) is 16.6. The van der Waals surface area contributed by atoms with E-state index in [1.165, 1.54) is 11.1 Å². The van der Waals surface area contributed by atoms with Gasteiger partial charge in [-0.15, -0.1) is 11.8 Å². The minimum Gasteiger partial charge on any atom is -0.467 e. The predicted octanol–water partition coefficient (Wildman–Crippen LogP) is 5.20. The van der Waals surface area contributed by atoms with Crippen molar-refractivity contribution >= 4 is 23.4 Å². The minimum atomic E-state index is -0.184. The molecule has 3 aromatic rings. The van der Waals surface area contributed by atoms with E-state index in [1.54, 1.807) is 23.0 Å². The van der Waals surface area contributed by atoms with Crippen LogP contribution in [0.1, 0.15) is 34.9 Å². The maximum atomic E-state index is 12.9. The summed E-state index contributed by atoms with van der Waals surface area (Å²) in [4.78, 5) is 12.9. The second-order valence-corrected chi connectivity index (χ2v) is 7.85. The van der Waals surface area contributed by atoms with Crippen molar-refractivity contribution in [3.05, 3.63) is 95.4 Å². The van der Waals surface area contributed by atoms with Crippen molar-refractivity contribution in [2.45, 2.75) is 25.1 Å². The Morgan fingerprint density at radius 1 is 1.11 bits per heavy atom. The summed E-state index contributed by atoms with van der Waals surface area (Å²) < 4.78 is 5.60. The third-order valence-corrected chi connectivity index (χ3v) is 5.75. The van der Waals surface area contributed by atoms with Gasteiger partial charge in [-0.05, 0) is 30.2 Å². The molecule has 1 aliphatic rings. The molecule has 2 heterocycles. The number of hydrogen-bond donors (Lipinski definition) is 0. The molecule has 4 rings (SSSR count). The molecule has 1 atom stereocenters. The van der Waals surface area contributed by atoms with Crippen LogP contribution < -0.4 is 0 Å². The molecule has 0 radical (unpaired) electrons. The van der Waals surface area contributed by atoms with Crippen LogP contribution in [0.5, 0.6) is 0 Å². The van der Waals surface area contributed by atoms with Crippen LogP contribution in [0, 0.1) is 6.92 Å². The van der Waals surface area contributed by atoms with Crippen LogP contribution in [0.15, 0.2) is 82.5 Å². The van der Waals surface area contributed by atoms with Crippen LogP contribution in [0.2, 0.25) is 0 Å². The summed E-state index contributed by atoms with van der Waals surface area (Å²) in [7, 11) is 0. The molecule has 1 aliphatic heterocycles. The number of hydrazone groups is 1. The average molecular weight is 391 g/mol. The maximum absolute atomic E-state index is 12.9. The van der Waals surface area contributed by atoms with E-state index in [-0.39, 0.29) is 11.9 Å². The summed E-state index contributed by atoms with van der Waals surface area (Å²) in [6, 6.07) is 22.0. The number of furan rings is 1. The molecule has 2 aromatic carbocycles. The number of carbonyl (C=O) groups is 1. The Hall–Kier alpha value is -2.79. The lowest BCUT2D eigenvalue weighted by Crippen LogP contribution is -2.28. The summed E-state index contributed by atoms with van der Waals surface area (Å²) in [6.45, 7) is 2.06. The topological polar surface area (TPSA) is 45.8 Å². The third-order valence-electron chi connectivity index (χ3n) is 4.76. The SMILES string of the molecule is Cc1ccc(C2=NN(C(=O)CSCc3ccccc3)[C@H](c3ccco3)C2)cc1. The van der Waals surface area contributed by atoms with Crippen molar-refractivity contribution in [3.63, 3.8) is 0 Å². The largest absolute Gasteiger partial charge is 0.467 e. The summed E-state index contributed by atoms with van der Waals surface area (Å²) in [5, 5.41) is 6.28. The lowest BCUT2D eigenvalue weighted by molar-refractivity contribution is -0.130. The highest BCUT2D eigenvalue weighted by molar-refractivity contribution is 7.99. The first-order valence-corrected chi connectivity index (χ1v) is 10.5. The molecular formula is C23H22N2O2S. The summed E-state index contributed by atoms with van der Waals surface area (Å²) >= 11 is 1.61. The molecule has 1 amide bonds. The van der Waals surface area contributed by atoms with Crippen molar-refractivity contribution in [2.75, 3.05) is 5.75 Å². The van der Waals surface area contributed by atoms with Gasteiger partial charge in [0.1, 0.15) is 11.8 Å². The molecule has 0 spiro atoms. The standard InChI is InChI=1S/C23H22N2O2S/c1-17-9-11-19(12-10-17)20-14-21(22-8-5-13-27-22)25(24-20)23(26)16-28-15-18-6-3-2-4-7-18/h2-13,21H,14-16H2,1H3/t21-/m0/s1. The van der Waals surface area contributed by atoms with Gasteiger partial charge in [0.2, 0.25) is 0 Å². The lowest BCUT2D eigenvalue weighted by Gasteiger charge is -2.19. The van der Waals surface area contributed by atoms with Crippen molar-refractivity contribution in [2.24, 2.45) is 5.10 Å². The van der Waals surface area contributed by atoms with E-state index in [9.17, 15) is 4.79 Å². The molecule has 0 unspecified atom stereocenters. The van der Waals surface area contributed by atoms with Crippen molar-refractivity contribution in [1.82, 2.24) is 5.01 Å². The Labute approximate surface area is 169 Å². The van der Waals surface area contributed by atoms with Gasteiger partial charge in [-0.3, -0.25) is 4.79 Å². The van der Waals surface area contributed by atoms with Gasteiger partial charge in [-0.1, -0.05) is 60.2 Å². The molecule has 0 N–H and O–H groups in total. The van der Waals surface area contributed by atoms with Gasteiger partial charge in [-0.2, -0.15) is 5.10 Å². The van der Waals surface area contributed by atoms with E-state index in [0.29, 0.717) is 12.2 Å². The Bertz CT molecular complexity index is 950. The number of carbonyl (C=O) groups excluding carboxylic acids is 1. The Balaban J connectivity index is 1.49. The monoisotopic (exact) mass is 390 g/mol. The summed E-state index contributed by atoms with van der Waals surface area (Å²) in [6.07, 6.45) is 2.30. The molecule has 4 nitrogen and oxygen atoms in total. The Morgan fingerprint density at radius 2 is 1.89 bits per heavy atom. The van der Waals surface area contributed by atoms with Gasteiger partial charge in [0.05, 0.1) is 17.7 Å². The average Bonchev–Trinajstić information content (AvgIpc) is 3.39. The molecule has 0 aliphatic carbocycles. The molecule has 0 bridgehead atoms. The quantitative estimate of drug-likeness (QED) is 0.581. The molecule has 0 saturated carbocycles. The van der Waals surface area contributed by atoms with Crippen LogP contribution in [-0.2, 0) is 10.5 Å². The van der Waals surface area contributed by atoms with Gasteiger partial charge >= 0.3 is 0 Å². The Kier molecular flexibility index (Phi) is 5.63. The van der Waals surface area contributed by atoms with Gasteiger partial charge < -0.3 is 4.42 Å². The van der Waals surface area contributed by atoms with Gasteiger partial charge in [0, 0.05) is 12.2 Å². The van der Waals surface area contributed by atoms with Crippen LogP contribution in [0.25, 0.3) is 0 Å². The number of thioether (sulfide) groups is 1. The van der Waals surface area contributed by atoms with Crippen LogP contribution in [-0.4, -0.2) is 22.4 Å². The molecule has 0 fully saturated rings. The number of aryl methyl sites for hydroxylation is 1. The first kappa shape index (κ1) is 18.6. The van der Waals surface area contributed by atoms with E-state index in [4.69, 9.17) is 4.42 Å². The fourth-order valence-electron chi connectivity index (χ4n) is 3.26. The van der Waals surface area contributed by atoms with Gasteiger partial charge in [-0.25, -0.2) is 5.01 Å². The number of amides is 1. The molecular weight excluding hydrogens is 368 g/mol. The van der Waals surface area contributed by atoms with Crippen molar-refractivity contribution in [3.8, 4) is 0 Å². The summed E-state index contributed by atoms with van der Waals surface area (Å²) in [5.74, 6) is 1.97. The molecule has 142 valence electrons. The number of hydrogen-bond acceptors (Lipinski definition) is 4. The lowest BCUT2D eigenvalue weighted by atomic mass is 10.0. The molecule has 28 heavy (non-hydrogen) atoms. The fourth-order valence-corrected chi connectivity index (χ4v) is 4.10. The molecule has 0 saturated heterocycles. The highest BCUT2D eigenvalue weighted by atomic mass is 32.2. The molecule has 5 heteroatoms. The number of rotatable bonds is 6. The first-order chi connectivity index (χ1) is 13.7. The first-order valence-electron chi connectivity index (χ1n) is 9.32.